The maximum Gasteiger partial charge on any atom is 0.262 e. The van der Waals surface area contributed by atoms with Crippen LogP contribution in [0.5, 0.6) is 11.5 Å². The predicted molar refractivity (Wildman–Crippen MR) is 76.3 cm³/mol. The SMILES string of the molecule is C#CCCC1(CCOc2cccc3c2NC(=O)CO3)N=N1. The summed E-state index contributed by atoms with van der Waals surface area (Å²) in [4.78, 5) is 11.4. The number of amides is 1. The number of rotatable bonds is 6. The van der Waals surface area contributed by atoms with Crippen LogP contribution in [0.1, 0.15) is 19.3 Å². The molecule has 0 aromatic heterocycles. The van der Waals surface area contributed by atoms with Crippen molar-refractivity contribution in [3.63, 3.8) is 0 Å². The maximum atomic E-state index is 11.4. The number of ether oxygens (including phenoxy) is 2. The van der Waals surface area contributed by atoms with E-state index in [-0.39, 0.29) is 18.2 Å². The smallest absolute Gasteiger partial charge is 0.262 e. The minimum Gasteiger partial charge on any atom is -0.491 e. The van der Waals surface area contributed by atoms with Crippen molar-refractivity contribution in [2.45, 2.75) is 24.9 Å². The molecule has 2 heterocycles. The zero-order valence-electron chi connectivity index (χ0n) is 11.5. The normalized spacial score (nSPS) is 17.2. The van der Waals surface area contributed by atoms with Gasteiger partial charge in [-0.1, -0.05) is 6.07 Å². The van der Waals surface area contributed by atoms with Crippen molar-refractivity contribution in [3.05, 3.63) is 18.2 Å². The van der Waals surface area contributed by atoms with Gasteiger partial charge in [-0.3, -0.25) is 4.79 Å². The molecule has 1 N–H and O–H groups in total. The molecular formula is C15H15N3O3. The summed E-state index contributed by atoms with van der Waals surface area (Å²) in [5, 5.41) is 10.9. The minimum atomic E-state index is -0.360. The highest BCUT2D eigenvalue weighted by molar-refractivity contribution is 5.97. The number of hydrogen-bond donors (Lipinski definition) is 1. The van der Waals surface area contributed by atoms with E-state index in [2.05, 4.69) is 21.5 Å². The average Bonchev–Trinajstić information content (AvgIpc) is 3.26. The Morgan fingerprint density at radius 1 is 1.43 bits per heavy atom. The van der Waals surface area contributed by atoms with E-state index < -0.39 is 0 Å². The van der Waals surface area contributed by atoms with Gasteiger partial charge in [0.25, 0.3) is 5.91 Å². The number of para-hydroxylation sites is 1. The third-order valence-corrected chi connectivity index (χ3v) is 3.42. The van der Waals surface area contributed by atoms with Crippen molar-refractivity contribution in [3.8, 4) is 23.8 Å². The van der Waals surface area contributed by atoms with E-state index in [1.807, 2.05) is 6.07 Å². The van der Waals surface area contributed by atoms with E-state index >= 15 is 0 Å². The molecular weight excluding hydrogens is 270 g/mol. The van der Waals surface area contributed by atoms with Crippen LogP contribution in [0, 0.1) is 12.3 Å². The number of nitrogens with zero attached hydrogens (tertiary/aromatic N) is 2. The molecule has 21 heavy (non-hydrogen) atoms. The van der Waals surface area contributed by atoms with Gasteiger partial charge in [0, 0.05) is 19.3 Å². The summed E-state index contributed by atoms with van der Waals surface area (Å²) in [6.07, 6.45) is 7.33. The van der Waals surface area contributed by atoms with E-state index in [9.17, 15) is 4.79 Å². The molecule has 0 unspecified atom stereocenters. The van der Waals surface area contributed by atoms with Crippen LogP contribution < -0.4 is 14.8 Å². The van der Waals surface area contributed by atoms with Gasteiger partial charge in [-0.2, -0.15) is 10.2 Å². The largest absolute Gasteiger partial charge is 0.491 e. The van der Waals surface area contributed by atoms with Crippen molar-refractivity contribution in [1.29, 1.82) is 0 Å². The first-order valence-corrected chi connectivity index (χ1v) is 6.78. The van der Waals surface area contributed by atoms with E-state index in [4.69, 9.17) is 15.9 Å². The third kappa shape index (κ3) is 2.97. The van der Waals surface area contributed by atoms with E-state index in [0.717, 1.165) is 6.42 Å². The van der Waals surface area contributed by atoms with Gasteiger partial charge in [-0.05, 0) is 12.1 Å². The minimum absolute atomic E-state index is 0.0312. The fraction of sp³-hybridized carbons (Fsp3) is 0.400. The van der Waals surface area contributed by atoms with Crippen molar-refractivity contribution >= 4 is 11.6 Å². The number of anilines is 1. The molecule has 6 nitrogen and oxygen atoms in total. The monoisotopic (exact) mass is 285 g/mol. The van der Waals surface area contributed by atoms with Crippen molar-refractivity contribution in [2.75, 3.05) is 18.5 Å². The molecule has 0 bridgehead atoms. The highest BCUT2D eigenvalue weighted by Crippen LogP contribution is 2.39. The molecule has 2 aliphatic rings. The summed E-state index contributed by atoms with van der Waals surface area (Å²) in [5.41, 5.74) is 0.220. The van der Waals surface area contributed by atoms with E-state index in [0.29, 0.717) is 36.6 Å². The molecule has 6 heteroatoms. The molecule has 0 spiro atoms. The standard InChI is InChI=1S/C15H15N3O3/c1-2-3-7-15(17-18-15)8-9-20-11-5-4-6-12-14(11)16-13(19)10-21-12/h1,4-6H,3,7-10H2,(H,16,19). The number of carbonyl (C=O) groups is 1. The summed E-state index contributed by atoms with van der Waals surface area (Å²) < 4.78 is 11.1. The topological polar surface area (TPSA) is 72.3 Å². The van der Waals surface area contributed by atoms with Crippen LogP contribution in [0.4, 0.5) is 5.69 Å². The highest BCUT2D eigenvalue weighted by atomic mass is 16.5. The summed E-state index contributed by atoms with van der Waals surface area (Å²) in [7, 11) is 0. The Hall–Kier alpha value is -2.55. The molecule has 0 aliphatic carbocycles. The van der Waals surface area contributed by atoms with Crippen LogP contribution in [0.15, 0.2) is 28.4 Å². The second kappa shape index (κ2) is 5.44. The van der Waals surface area contributed by atoms with Crippen LogP contribution in [-0.2, 0) is 4.79 Å². The molecule has 1 aromatic rings. The molecule has 0 fully saturated rings. The first-order chi connectivity index (χ1) is 10.2. The molecule has 1 aromatic carbocycles. The lowest BCUT2D eigenvalue weighted by atomic mass is 10.1. The van der Waals surface area contributed by atoms with Gasteiger partial charge in [0.2, 0.25) is 0 Å². The van der Waals surface area contributed by atoms with Crippen LogP contribution >= 0.6 is 0 Å². The highest BCUT2D eigenvalue weighted by Gasteiger charge is 2.39. The van der Waals surface area contributed by atoms with E-state index in [1.165, 1.54) is 0 Å². The molecule has 0 atom stereocenters. The Morgan fingerprint density at radius 2 is 2.29 bits per heavy atom. The second-order valence-electron chi connectivity index (χ2n) is 4.95. The Morgan fingerprint density at radius 3 is 3.05 bits per heavy atom. The van der Waals surface area contributed by atoms with Crippen LogP contribution in [0.25, 0.3) is 0 Å². The van der Waals surface area contributed by atoms with E-state index in [1.54, 1.807) is 12.1 Å². The number of carbonyl (C=O) groups excluding carboxylic acids is 1. The fourth-order valence-electron chi connectivity index (χ4n) is 2.19. The summed E-state index contributed by atoms with van der Waals surface area (Å²) in [6, 6.07) is 5.41. The van der Waals surface area contributed by atoms with Crippen LogP contribution in [0.2, 0.25) is 0 Å². The van der Waals surface area contributed by atoms with Gasteiger partial charge < -0.3 is 14.8 Å². The Labute approximate surface area is 122 Å². The zero-order valence-corrected chi connectivity index (χ0v) is 11.5. The quantitative estimate of drug-likeness (QED) is 0.815. The second-order valence-corrected chi connectivity index (χ2v) is 4.95. The molecule has 3 rings (SSSR count). The number of hydrogen-bond acceptors (Lipinski definition) is 5. The van der Waals surface area contributed by atoms with Crippen molar-refractivity contribution in [2.24, 2.45) is 10.2 Å². The van der Waals surface area contributed by atoms with Gasteiger partial charge >= 0.3 is 0 Å². The predicted octanol–water partition coefficient (Wildman–Crippen LogP) is 2.36. The van der Waals surface area contributed by atoms with Gasteiger partial charge in [-0.15, -0.1) is 12.3 Å². The molecule has 0 saturated carbocycles. The third-order valence-electron chi connectivity index (χ3n) is 3.42. The lowest BCUT2D eigenvalue weighted by molar-refractivity contribution is -0.118. The number of nitrogens with one attached hydrogen (secondary N) is 1. The maximum absolute atomic E-state index is 11.4. The van der Waals surface area contributed by atoms with Crippen molar-refractivity contribution in [1.82, 2.24) is 0 Å². The summed E-state index contributed by atoms with van der Waals surface area (Å²) in [6.45, 7) is 0.479. The van der Waals surface area contributed by atoms with Gasteiger partial charge in [-0.25, -0.2) is 0 Å². The molecule has 1 amide bonds. The fourth-order valence-corrected chi connectivity index (χ4v) is 2.19. The van der Waals surface area contributed by atoms with Gasteiger partial charge in [0.05, 0.1) is 6.61 Å². The zero-order chi connectivity index (χ0) is 14.7. The Kier molecular flexibility index (Phi) is 3.48. The summed E-state index contributed by atoms with van der Waals surface area (Å²) in [5.74, 6) is 3.62. The molecule has 108 valence electrons. The summed E-state index contributed by atoms with van der Waals surface area (Å²) >= 11 is 0. The first kappa shape index (κ1) is 13.4. The number of fused-ring (bicyclic) bond motifs is 1. The molecule has 0 radical (unpaired) electrons. The van der Waals surface area contributed by atoms with Gasteiger partial charge in [0.1, 0.15) is 17.2 Å². The van der Waals surface area contributed by atoms with Gasteiger partial charge in [0.15, 0.2) is 12.3 Å². The lowest BCUT2D eigenvalue weighted by Crippen LogP contribution is -2.26. The Bertz CT molecular complexity index is 628. The van der Waals surface area contributed by atoms with Crippen LogP contribution in [-0.4, -0.2) is 24.8 Å². The van der Waals surface area contributed by atoms with Crippen molar-refractivity contribution < 1.29 is 14.3 Å². The number of benzene rings is 1. The van der Waals surface area contributed by atoms with Crippen LogP contribution in [0.3, 0.4) is 0 Å². The lowest BCUT2D eigenvalue weighted by Gasteiger charge is -2.21. The molecule has 2 aliphatic heterocycles. The first-order valence-electron chi connectivity index (χ1n) is 6.78. The average molecular weight is 285 g/mol. The Balaban J connectivity index is 1.59. The number of terminal acetylenes is 1. The molecule has 0 saturated heterocycles.